The molecule has 0 atom stereocenters. The van der Waals surface area contributed by atoms with E-state index in [1.807, 2.05) is 18.2 Å². The minimum absolute atomic E-state index is 0.200. The molecule has 1 saturated heterocycles. The minimum atomic E-state index is -4.43. The average molecular weight is 478 g/mol. The van der Waals surface area contributed by atoms with Gasteiger partial charge in [0.1, 0.15) is 5.75 Å². The fourth-order valence-electron chi connectivity index (χ4n) is 3.92. The maximum Gasteiger partial charge on any atom is 0.416 e. The molecular formula is C26H30F3NO4. The van der Waals surface area contributed by atoms with Crippen LogP contribution in [-0.2, 0) is 15.7 Å². The van der Waals surface area contributed by atoms with Crippen molar-refractivity contribution in [2.24, 2.45) is 0 Å². The lowest BCUT2D eigenvalue weighted by Crippen LogP contribution is -2.41. The molecule has 184 valence electrons. The molecule has 0 aromatic heterocycles. The van der Waals surface area contributed by atoms with Gasteiger partial charge in [0.25, 0.3) is 5.91 Å². The van der Waals surface area contributed by atoms with Gasteiger partial charge < -0.3 is 14.4 Å². The summed E-state index contributed by atoms with van der Waals surface area (Å²) in [4.78, 5) is 26.7. The predicted molar refractivity (Wildman–Crippen MR) is 122 cm³/mol. The van der Waals surface area contributed by atoms with Crippen LogP contribution >= 0.6 is 0 Å². The first kappa shape index (κ1) is 25.6. The van der Waals surface area contributed by atoms with Gasteiger partial charge in [-0.2, -0.15) is 13.2 Å². The van der Waals surface area contributed by atoms with Crippen LogP contribution in [-0.4, -0.2) is 41.6 Å². The summed E-state index contributed by atoms with van der Waals surface area (Å²) in [5.74, 6) is 0.0510. The topological polar surface area (TPSA) is 55.8 Å². The van der Waals surface area contributed by atoms with E-state index in [0.29, 0.717) is 31.7 Å². The van der Waals surface area contributed by atoms with Crippen molar-refractivity contribution in [3.05, 3.63) is 65.2 Å². The molecule has 1 heterocycles. The highest BCUT2D eigenvalue weighted by atomic mass is 19.4. The summed E-state index contributed by atoms with van der Waals surface area (Å²) >= 11 is 0. The predicted octanol–water partition coefficient (Wildman–Crippen LogP) is 5.83. The van der Waals surface area contributed by atoms with Gasteiger partial charge in [0.2, 0.25) is 0 Å². The van der Waals surface area contributed by atoms with Crippen molar-refractivity contribution in [3.63, 3.8) is 0 Å². The molecule has 1 aliphatic heterocycles. The fraction of sp³-hybridized carbons (Fsp3) is 0.462. The van der Waals surface area contributed by atoms with Crippen LogP contribution in [0.3, 0.4) is 0 Å². The molecule has 1 amide bonds. The second kappa shape index (κ2) is 10.1. The van der Waals surface area contributed by atoms with Crippen LogP contribution in [0.2, 0.25) is 0 Å². The van der Waals surface area contributed by atoms with Gasteiger partial charge in [-0.15, -0.1) is 0 Å². The SMILES string of the molecule is CC(C)OC(=O)C(C)(C)Oc1cccc(C2CCN(C(=O)c3ccc(C(F)(F)F)cc3)CC2)c1. The van der Waals surface area contributed by atoms with E-state index >= 15 is 0 Å². The number of amides is 1. The van der Waals surface area contributed by atoms with Crippen LogP contribution in [0.15, 0.2) is 48.5 Å². The number of hydrogen-bond donors (Lipinski definition) is 0. The molecule has 5 nitrogen and oxygen atoms in total. The molecule has 1 aliphatic rings. The van der Waals surface area contributed by atoms with E-state index in [2.05, 4.69) is 0 Å². The molecule has 0 aliphatic carbocycles. The molecule has 0 unspecified atom stereocenters. The molecular weight excluding hydrogens is 447 g/mol. The molecule has 1 fully saturated rings. The van der Waals surface area contributed by atoms with Gasteiger partial charge in [0.15, 0.2) is 5.60 Å². The van der Waals surface area contributed by atoms with Crippen molar-refractivity contribution in [3.8, 4) is 5.75 Å². The van der Waals surface area contributed by atoms with Crippen molar-refractivity contribution in [2.45, 2.75) is 64.3 Å². The van der Waals surface area contributed by atoms with E-state index < -0.39 is 23.3 Å². The largest absolute Gasteiger partial charge is 0.476 e. The second-order valence-electron chi connectivity index (χ2n) is 9.28. The molecule has 8 heteroatoms. The van der Waals surface area contributed by atoms with Crippen LogP contribution < -0.4 is 4.74 Å². The summed E-state index contributed by atoms with van der Waals surface area (Å²) in [6, 6.07) is 11.9. The number of piperidine rings is 1. The lowest BCUT2D eigenvalue weighted by molar-refractivity contribution is -0.163. The second-order valence-corrected chi connectivity index (χ2v) is 9.28. The third-order valence-electron chi connectivity index (χ3n) is 5.78. The van der Waals surface area contributed by atoms with Gasteiger partial charge in [-0.05, 0) is 88.4 Å². The number of carbonyl (C=O) groups is 2. The maximum absolute atomic E-state index is 12.8. The van der Waals surface area contributed by atoms with Gasteiger partial charge in [0.05, 0.1) is 11.7 Å². The first-order valence-corrected chi connectivity index (χ1v) is 11.3. The van der Waals surface area contributed by atoms with E-state index in [4.69, 9.17) is 9.47 Å². The van der Waals surface area contributed by atoms with Crippen LogP contribution in [0.5, 0.6) is 5.75 Å². The molecule has 0 saturated carbocycles. The Morgan fingerprint density at radius 1 is 1.00 bits per heavy atom. The summed E-state index contributed by atoms with van der Waals surface area (Å²) in [6.45, 7) is 7.89. The minimum Gasteiger partial charge on any atom is -0.476 e. The third-order valence-corrected chi connectivity index (χ3v) is 5.78. The Hall–Kier alpha value is -3.03. The van der Waals surface area contributed by atoms with Crippen LogP contribution in [0.25, 0.3) is 0 Å². The van der Waals surface area contributed by atoms with E-state index in [1.165, 1.54) is 12.1 Å². The number of rotatable bonds is 6. The highest BCUT2D eigenvalue weighted by molar-refractivity contribution is 5.94. The smallest absolute Gasteiger partial charge is 0.416 e. The fourth-order valence-corrected chi connectivity index (χ4v) is 3.92. The normalized spacial score (nSPS) is 15.4. The van der Waals surface area contributed by atoms with Gasteiger partial charge >= 0.3 is 12.1 Å². The first-order chi connectivity index (χ1) is 15.9. The number of likely N-dealkylation sites (tertiary alicyclic amines) is 1. The van der Waals surface area contributed by atoms with Crippen molar-refractivity contribution in [1.82, 2.24) is 4.90 Å². The van der Waals surface area contributed by atoms with Crippen molar-refractivity contribution in [2.75, 3.05) is 13.1 Å². The van der Waals surface area contributed by atoms with Gasteiger partial charge in [-0.1, -0.05) is 12.1 Å². The Morgan fingerprint density at radius 3 is 2.18 bits per heavy atom. The number of benzene rings is 2. The lowest BCUT2D eigenvalue weighted by Gasteiger charge is -2.32. The van der Waals surface area contributed by atoms with E-state index in [0.717, 1.165) is 17.7 Å². The van der Waals surface area contributed by atoms with E-state index in [9.17, 15) is 22.8 Å². The monoisotopic (exact) mass is 477 g/mol. The van der Waals surface area contributed by atoms with Crippen molar-refractivity contribution in [1.29, 1.82) is 0 Å². The summed E-state index contributed by atoms with van der Waals surface area (Å²) in [6.07, 6.45) is -3.23. The van der Waals surface area contributed by atoms with Gasteiger partial charge in [0, 0.05) is 18.7 Å². The zero-order valence-electron chi connectivity index (χ0n) is 19.8. The quantitative estimate of drug-likeness (QED) is 0.491. The highest BCUT2D eigenvalue weighted by Gasteiger charge is 2.33. The third kappa shape index (κ3) is 6.30. The Bertz CT molecular complexity index is 1010. The number of carbonyl (C=O) groups excluding carboxylic acids is 2. The number of nitrogens with zero attached hydrogens (tertiary/aromatic N) is 1. The summed E-state index contributed by atoms with van der Waals surface area (Å²) in [5, 5.41) is 0. The molecule has 0 radical (unpaired) electrons. The molecule has 0 spiro atoms. The lowest BCUT2D eigenvalue weighted by atomic mass is 9.89. The van der Waals surface area contributed by atoms with E-state index in [1.54, 1.807) is 38.7 Å². The maximum atomic E-state index is 12.8. The Kier molecular flexibility index (Phi) is 7.58. The van der Waals surface area contributed by atoms with Crippen LogP contribution in [0.1, 0.15) is 67.9 Å². The summed E-state index contributed by atoms with van der Waals surface area (Å²) < 4.78 is 49.5. The molecule has 0 bridgehead atoms. The summed E-state index contributed by atoms with van der Waals surface area (Å²) in [5.41, 5.74) is -0.615. The zero-order valence-corrected chi connectivity index (χ0v) is 19.8. The van der Waals surface area contributed by atoms with Gasteiger partial charge in [-0.3, -0.25) is 4.79 Å². The van der Waals surface area contributed by atoms with Crippen LogP contribution in [0.4, 0.5) is 13.2 Å². The number of ether oxygens (including phenoxy) is 2. The Morgan fingerprint density at radius 2 is 1.62 bits per heavy atom. The van der Waals surface area contributed by atoms with Crippen molar-refractivity contribution >= 4 is 11.9 Å². The highest BCUT2D eigenvalue weighted by Crippen LogP contribution is 2.33. The molecule has 3 rings (SSSR count). The standard InChI is InChI=1S/C26H30F3NO4/c1-17(2)33-24(32)25(3,4)34-22-7-5-6-20(16-22)18-12-14-30(15-13-18)23(31)19-8-10-21(11-9-19)26(27,28)29/h5-11,16-18H,12-15H2,1-4H3. The van der Waals surface area contributed by atoms with Crippen molar-refractivity contribution < 1.29 is 32.2 Å². The number of halogens is 3. The molecule has 2 aromatic rings. The zero-order chi connectivity index (χ0) is 25.1. The van der Waals surface area contributed by atoms with Gasteiger partial charge in [-0.25, -0.2) is 4.79 Å². The molecule has 34 heavy (non-hydrogen) atoms. The Balaban J connectivity index is 1.61. The van der Waals surface area contributed by atoms with Crippen LogP contribution in [0, 0.1) is 0 Å². The molecule has 0 N–H and O–H groups in total. The average Bonchev–Trinajstić information content (AvgIpc) is 2.77. The number of alkyl halides is 3. The first-order valence-electron chi connectivity index (χ1n) is 11.3. The number of esters is 1. The number of hydrogen-bond acceptors (Lipinski definition) is 4. The van der Waals surface area contributed by atoms with E-state index in [-0.39, 0.29) is 23.5 Å². The Labute approximate surface area is 197 Å². The summed E-state index contributed by atoms with van der Waals surface area (Å²) in [7, 11) is 0. The molecule has 2 aromatic carbocycles.